The van der Waals surface area contributed by atoms with Crippen LogP contribution < -0.4 is 10.6 Å². The van der Waals surface area contributed by atoms with Crippen molar-refractivity contribution >= 4 is 22.9 Å². The van der Waals surface area contributed by atoms with Crippen LogP contribution in [0.2, 0.25) is 0 Å². The van der Waals surface area contributed by atoms with Gasteiger partial charge in [-0.2, -0.15) is 0 Å². The van der Waals surface area contributed by atoms with Crippen molar-refractivity contribution in [3.63, 3.8) is 0 Å². The van der Waals surface area contributed by atoms with Crippen molar-refractivity contribution < 1.29 is 5.11 Å². The molecule has 0 radical (unpaired) electrons. The fourth-order valence-corrected chi connectivity index (χ4v) is 2.64. The van der Waals surface area contributed by atoms with E-state index in [1.165, 1.54) is 5.56 Å². The Morgan fingerprint density at radius 1 is 1.14 bits per heavy atom. The maximum Gasteiger partial charge on any atom is 0.106 e. The van der Waals surface area contributed by atoms with Gasteiger partial charge < -0.3 is 15.7 Å². The number of hydrogen-bond donors (Lipinski definition) is 2. The highest BCUT2D eigenvalue weighted by Crippen LogP contribution is 2.26. The molecule has 21 heavy (non-hydrogen) atoms. The van der Waals surface area contributed by atoms with Gasteiger partial charge in [0.25, 0.3) is 0 Å². The molecule has 0 saturated carbocycles. The van der Waals surface area contributed by atoms with Crippen LogP contribution in [0.3, 0.4) is 0 Å². The molecule has 0 atom stereocenters. The number of nitrogens with zero attached hydrogens (tertiary/aromatic N) is 1. The predicted molar refractivity (Wildman–Crippen MR) is 91.6 cm³/mol. The summed E-state index contributed by atoms with van der Waals surface area (Å²) >= 11 is 5.17. The van der Waals surface area contributed by atoms with Crippen molar-refractivity contribution in [2.24, 2.45) is 5.73 Å². The third-order valence-corrected chi connectivity index (χ3v) is 3.63. The van der Waals surface area contributed by atoms with Gasteiger partial charge in [-0.15, -0.1) is 0 Å². The Bertz CT molecular complexity index is 613. The summed E-state index contributed by atoms with van der Waals surface area (Å²) in [7, 11) is 0. The van der Waals surface area contributed by atoms with E-state index in [4.69, 9.17) is 18.0 Å². The second kappa shape index (κ2) is 7.20. The van der Waals surface area contributed by atoms with Gasteiger partial charge in [0.1, 0.15) is 4.99 Å². The summed E-state index contributed by atoms with van der Waals surface area (Å²) in [6.45, 7) is 3.36. The molecule has 0 fully saturated rings. The first-order valence-electron chi connectivity index (χ1n) is 6.92. The van der Waals surface area contributed by atoms with Crippen LogP contribution in [0, 0.1) is 6.92 Å². The van der Waals surface area contributed by atoms with Gasteiger partial charge in [0.15, 0.2) is 0 Å². The van der Waals surface area contributed by atoms with E-state index < -0.39 is 0 Å². The van der Waals surface area contributed by atoms with E-state index in [0.29, 0.717) is 18.1 Å². The molecule has 0 aliphatic carbocycles. The van der Waals surface area contributed by atoms with E-state index >= 15 is 0 Å². The monoisotopic (exact) mass is 300 g/mol. The summed E-state index contributed by atoms with van der Waals surface area (Å²) in [5, 5.41) is 9.39. The third-order valence-electron chi connectivity index (χ3n) is 3.41. The standard InChI is InChI=1S/C17H20N2OS/c1-13-6-5-9-15(17(18)21)16(13)19(10-11-20)12-14-7-3-2-4-8-14/h2-9,20H,10-12H2,1H3,(H2,18,21). The van der Waals surface area contributed by atoms with Crippen LogP contribution in [0.4, 0.5) is 5.69 Å². The normalized spacial score (nSPS) is 10.4. The number of aliphatic hydroxyl groups is 1. The number of hydrogen-bond acceptors (Lipinski definition) is 3. The van der Waals surface area contributed by atoms with Crippen molar-refractivity contribution in [3.05, 3.63) is 65.2 Å². The third kappa shape index (κ3) is 3.80. The van der Waals surface area contributed by atoms with Crippen LogP contribution in [0.1, 0.15) is 16.7 Å². The average Bonchev–Trinajstić information content (AvgIpc) is 2.47. The lowest BCUT2D eigenvalue weighted by molar-refractivity contribution is 0.301. The van der Waals surface area contributed by atoms with Crippen molar-refractivity contribution in [2.75, 3.05) is 18.1 Å². The topological polar surface area (TPSA) is 49.5 Å². The van der Waals surface area contributed by atoms with Gasteiger partial charge in [0.05, 0.1) is 12.3 Å². The molecule has 2 aromatic carbocycles. The Kier molecular flexibility index (Phi) is 5.31. The second-order valence-electron chi connectivity index (χ2n) is 4.97. The number of aryl methyl sites for hydroxylation is 1. The molecule has 2 aromatic rings. The minimum Gasteiger partial charge on any atom is -0.395 e. The fraction of sp³-hybridized carbons (Fsp3) is 0.235. The smallest absolute Gasteiger partial charge is 0.106 e. The van der Waals surface area contributed by atoms with Crippen molar-refractivity contribution in [3.8, 4) is 0 Å². The quantitative estimate of drug-likeness (QED) is 0.805. The van der Waals surface area contributed by atoms with Crippen molar-refractivity contribution in [2.45, 2.75) is 13.5 Å². The maximum absolute atomic E-state index is 9.39. The van der Waals surface area contributed by atoms with E-state index in [1.807, 2.05) is 43.3 Å². The molecule has 4 heteroatoms. The molecule has 0 saturated heterocycles. The molecule has 0 amide bonds. The summed E-state index contributed by atoms with van der Waals surface area (Å²) in [5.74, 6) is 0. The minimum absolute atomic E-state index is 0.0813. The van der Waals surface area contributed by atoms with E-state index in [9.17, 15) is 5.11 Å². The molecule has 110 valence electrons. The summed E-state index contributed by atoms with van der Waals surface area (Å²) in [6, 6.07) is 16.1. The zero-order valence-electron chi connectivity index (χ0n) is 12.1. The molecule has 3 nitrogen and oxygen atoms in total. The molecular formula is C17H20N2OS. The fourth-order valence-electron chi connectivity index (χ4n) is 2.47. The molecule has 0 heterocycles. The predicted octanol–water partition coefficient (Wildman–Crippen LogP) is 2.63. The van der Waals surface area contributed by atoms with Gasteiger partial charge in [-0.3, -0.25) is 0 Å². The highest BCUT2D eigenvalue weighted by Gasteiger charge is 2.15. The number of nitrogens with two attached hydrogens (primary N) is 1. The second-order valence-corrected chi connectivity index (χ2v) is 5.41. The van der Waals surface area contributed by atoms with Crippen LogP contribution in [0.25, 0.3) is 0 Å². The first-order valence-corrected chi connectivity index (χ1v) is 7.33. The molecule has 0 aromatic heterocycles. The summed E-state index contributed by atoms with van der Waals surface area (Å²) in [4.78, 5) is 2.50. The Hall–Kier alpha value is -1.91. The number of rotatable bonds is 6. The lowest BCUT2D eigenvalue weighted by atomic mass is 10.1. The van der Waals surface area contributed by atoms with Gasteiger partial charge >= 0.3 is 0 Å². The molecule has 2 rings (SSSR count). The molecule has 0 aliphatic heterocycles. The Morgan fingerprint density at radius 2 is 1.86 bits per heavy atom. The van der Waals surface area contributed by atoms with Crippen LogP contribution in [-0.2, 0) is 6.54 Å². The summed E-state index contributed by atoms with van der Waals surface area (Å²) in [6.07, 6.45) is 0. The lowest BCUT2D eigenvalue weighted by Crippen LogP contribution is -2.29. The molecule has 0 bridgehead atoms. The number of para-hydroxylation sites is 1. The van der Waals surface area contributed by atoms with E-state index in [2.05, 4.69) is 17.0 Å². The SMILES string of the molecule is Cc1cccc(C(N)=S)c1N(CCO)Cc1ccccc1. The van der Waals surface area contributed by atoms with Gasteiger partial charge in [-0.05, 0) is 24.1 Å². The minimum atomic E-state index is 0.0813. The zero-order chi connectivity index (χ0) is 15.2. The highest BCUT2D eigenvalue weighted by atomic mass is 32.1. The number of aliphatic hydroxyl groups excluding tert-OH is 1. The summed E-state index contributed by atoms with van der Waals surface area (Å²) < 4.78 is 0. The first kappa shape index (κ1) is 15.5. The first-order chi connectivity index (χ1) is 10.1. The van der Waals surface area contributed by atoms with Crippen LogP contribution >= 0.6 is 12.2 Å². The zero-order valence-corrected chi connectivity index (χ0v) is 12.9. The van der Waals surface area contributed by atoms with Crippen molar-refractivity contribution in [1.29, 1.82) is 0 Å². The largest absolute Gasteiger partial charge is 0.395 e. The van der Waals surface area contributed by atoms with E-state index in [0.717, 1.165) is 16.8 Å². The van der Waals surface area contributed by atoms with Gasteiger partial charge in [-0.1, -0.05) is 54.7 Å². The van der Waals surface area contributed by atoms with Crippen LogP contribution in [0.5, 0.6) is 0 Å². The number of thiocarbonyl (C=S) groups is 1. The number of benzene rings is 2. The molecular weight excluding hydrogens is 280 g/mol. The van der Waals surface area contributed by atoms with Crippen molar-refractivity contribution in [1.82, 2.24) is 0 Å². The average molecular weight is 300 g/mol. The van der Waals surface area contributed by atoms with Crippen LogP contribution in [-0.4, -0.2) is 23.2 Å². The van der Waals surface area contributed by atoms with E-state index in [1.54, 1.807) is 0 Å². The molecule has 3 N–H and O–H groups in total. The van der Waals surface area contributed by atoms with E-state index in [-0.39, 0.29) is 6.61 Å². The number of anilines is 1. The molecule has 0 spiro atoms. The molecule has 0 aliphatic rings. The van der Waals surface area contributed by atoms with Crippen LogP contribution in [0.15, 0.2) is 48.5 Å². The Labute approximate surface area is 131 Å². The van der Waals surface area contributed by atoms with Gasteiger partial charge in [0.2, 0.25) is 0 Å². The lowest BCUT2D eigenvalue weighted by Gasteiger charge is -2.28. The molecule has 0 unspecified atom stereocenters. The Balaban J connectivity index is 2.41. The van der Waals surface area contributed by atoms with Gasteiger partial charge in [0, 0.05) is 18.7 Å². The summed E-state index contributed by atoms with van der Waals surface area (Å²) in [5.41, 5.74) is 10.00. The highest BCUT2D eigenvalue weighted by molar-refractivity contribution is 7.80. The van der Waals surface area contributed by atoms with Gasteiger partial charge in [-0.25, -0.2) is 0 Å². The maximum atomic E-state index is 9.39. The Morgan fingerprint density at radius 3 is 2.48 bits per heavy atom.